The Morgan fingerprint density at radius 1 is 0.300 bits per heavy atom. The number of hydrogen-bond donors (Lipinski definition) is 0. The first-order valence-corrected chi connectivity index (χ1v) is 17.7. The second-order valence-corrected chi connectivity index (χ2v) is 13.3. The molecule has 0 amide bonds. The Kier molecular flexibility index (Phi) is 179. The van der Waals surface area contributed by atoms with Gasteiger partial charge in [0.05, 0.1) is 0 Å². The van der Waals surface area contributed by atoms with Gasteiger partial charge in [0.15, 0.2) is 0 Å². The van der Waals surface area contributed by atoms with Crippen LogP contribution in [0.25, 0.3) is 0 Å². The second kappa shape index (κ2) is 70.1. The zero-order valence-corrected chi connectivity index (χ0v) is 35.7. The zero-order valence-electron chi connectivity index (χ0n) is 19.0. The molecule has 18 heteroatoms. The van der Waals surface area contributed by atoms with Gasteiger partial charge in [0.1, 0.15) is 0 Å². The van der Waals surface area contributed by atoms with E-state index in [1.807, 2.05) is 0 Å². The van der Waals surface area contributed by atoms with Crippen molar-refractivity contribution in [2.45, 2.75) is 0 Å². The van der Waals surface area contributed by atoms with Gasteiger partial charge in [-0.3, -0.25) is 25.3 Å². The first kappa shape index (κ1) is 76.5. The van der Waals surface area contributed by atoms with Gasteiger partial charge in [-0.1, -0.05) is 0 Å². The molecule has 0 aliphatic rings. The Labute approximate surface area is 310 Å². The molecular weight excluding hydrogens is 1160 g/mol. The van der Waals surface area contributed by atoms with Gasteiger partial charge in [0, 0.05) is 178 Å². The maximum absolute atomic E-state index is 9.56. The molecule has 0 heterocycles. The fourth-order valence-electron chi connectivity index (χ4n) is 0. The van der Waals surface area contributed by atoms with Crippen LogP contribution in [0.4, 0.5) is 0 Å². The molecule has 0 aliphatic carbocycles. The van der Waals surface area contributed by atoms with Crippen LogP contribution in [0.15, 0.2) is 0 Å². The summed E-state index contributed by atoms with van der Waals surface area (Å²) >= 11 is 0. The molecule has 6 nitrogen and oxygen atoms in total. The minimum atomic E-state index is -0.611. The fraction of sp³-hybridized carbons (Fsp3) is 1.00. The average molecular weight is 1200 g/mol. The van der Waals surface area contributed by atoms with E-state index in [4.69, 9.17) is 0 Å². The Morgan fingerprint density at radius 3 is 0.300 bits per heavy atom. The van der Waals surface area contributed by atoms with Crippen molar-refractivity contribution in [3.8, 4) is 0 Å². The van der Waals surface area contributed by atoms with Crippen LogP contribution in [0.3, 0.4) is 0 Å². The van der Waals surface area contributed by atoms with E-state index in [9.17, 15) is 25.3 Å². The van der Waals surface area contributed by atoms with Crippen LogP contribution in [-0.2, 0) is 81.9 Å². The van der Waals surface area contributed by atoms with Crippen molar-refractivity contribution in [3.05, 3.63) is 0 Å². The van der Waals surface area contributed by atoms with E-state index in [1.54, 1.807) is 75.1 Å². The maximum Gasteiger partial charge on any atom is 2.00 e. The topological polar surface area (TPSA) is 102 Å². The first-order chi connectivity index (χ1) is 10.4. The van der Waals surface area contributed by atoms with Crippen LogP contribution in [0.1, 0.15) is 0 Å². The summed E-state index contributed by atoms with van der Waals surface area (Å²) in [6.07, 6.45) is 19.7. The van der Waals surface area contributed by atoms with Gasteiger partial charge in [0.2, 0.25) is 0 Å². The summed E-state index contributed by atoms with van der Waals surface area (Å²) in [4.78, 5) is 0. The van der Waals surface area contributed by atoms with Crippen molar-refractivity contribution >= 4 is 64.8 Å². The predicted octanol–water partition coefficient (Wildman–Crippen LogP) is -12.0. The summed E-state index contributed by atoms with van der Waals surface area (Å²) in [7, 11) is -3.67. The molecule has 0 aromatic carbocycles. The van der Waals surface area contributed by atoms with Crippen LogP contribution in [0.2, 0.25) is 0 Å². The summed E-state index contributed by atoms with van der Waals surface area (Å²) in [5, 5.41) is 0. The number of rotatable bonds is 0. The van der Waals surface area contributed by atoms with Gasteiger partial charge >= 0.3 is 17.1 Å². The molecule has 0 saturated carbocycles. The molecule has 0 saturated heterocycles. The fourth-order valence-corrected chi connectivity index (χ4v) is 0. The monoisotopic (exact) mass is 1200 g/mol. The predicted molar refractivity (Wildman–Crippen MR) is 120 cm³/mol. The standard InChI is InChI=1S/6C2H6OS.Cu.4HI.Tb/c6*1-4(2)3;;;;;;/h6*1-2H3;;4*1H;/q;;;;;;+2;;;;;/p-4. The van der Waals surface area contributed by atoms with Crippen LogP contribution < -0.4 is 95.9 Å². The molecule has 206 valence electrons. The SMILES string of the molecule is CS(C)=O.CS(C)=O.CS(C)=O.CS(C)=O.CS(C)=O.CS(C)=O.[Cu+2].[I-].[I-].[I-].[I-].[Tb]. The molecule has 0 bridgehead atoms. The third-order valence-electron chi connectivity index (χ3n) is 0. The molecule has 0 fully saturated rings. The summed E-state index contributed by atoms with van der Waals surface area (Å²) in [6.45, 7) is 0. The van der Waals surface area contributed by atoms with Crippen LogP contribution in [0.5, 0.6) is 0 Å². The smallest absolute Gasteiger partial charge is 1.00 e. The molecule has 0 rings (SSSR count). The van der Waals surface area contributed by atoms with Crippen molar-refractivity contribution in [2.75, 3.05) is 75.1 Å². The van der Waals surface area contributed by atoms with Gasteiger partial charge < -0.3 is 95.9 Å². The maximum atomic E-state index is 9.56. The van der Waals surface area contributed by atoms with Crippen molar-refractivity contribution in [1.82, 2.24) is 0 Å². The second-order valence-electron chi connectivity index (χ2n) is 4.45. The molecule has 0 unspecified atom stereocenters. The summed E-state index contributed by atoms with van der Waals surface area (Å²) in [5.41, 5.74) is 0. The van der Waals surface area contributed by atoms with Crippen LogP contribution in [0, 0.1) is 38.6 Å². The van der Waals surface area contributed by atoms with Gasteiger partial charge in [-0.2, -0.15) is 0 Å². The third-order valence-corrected chi connectivity index (χ3v) is 0. The first-order valence-electron chi connectivity index (χ1n) is 5.90. The number of halogens is 4. The van der Waals surface area contributed by atoms with E-state index in [-0.39, 0.29) is 152 Å². The van der Waals surface area contributed by atoms with E-state index in [0.717, 1.165) is 0 Å². The van der Waals surface area contributed by atoms with E-state index in [2.05, 4.69) is 0 Å². The van der Waals surface area contributed by atoms with Crippen LogP contribution >= 0.6 is 0 Å². The van der Waals surface area contributed by atoms with Crippen molar-refractivity contribution in [3.63, 3.8) is 0 Å². The molecule has 0 spiro atoms. The molecular formula is C12H36CuI4O6S6Tb-2. The van der Waals surface area contributed by atoms with Gasteiger partial charge in [-0.15, -0.1) is 0 Å². The van der Waals surface area contributed by atoms with Crippen LogP contribution in [-0.4, -0.2) is 100 Å². The van der Waals surface area contributed by atoms with E-state index in [1.165, 1.54) is 0 Å². The summed E-state index contributed by atoms with van der Waals surface area (Å²) in [6, 6.07) is 0. The molecule has 0 atom stereocenters. The Bertz CT molecular complexity index is 296. The van der Waals surface area contributed by atoms with Gasteiger partial charge in [0.25, 0.3) is 0 Å². The number of hydrogen-bond acceptors (Lipinski definition) is 6. The minimum absolute atomic E-state index is 0. The van der Waals surface area contributed by atoms with E-state index < -0.39 is 64.8 Å². The minimum Gasteiger partial charge on any atom is -1.00 e. The van der Waals surface area contributed by atoms with Gasteiger partial charge in [-0.05, 0) is 0 Å². The quantitative estimate of drug-likeness (QED) is 0.177. The largest absolute Gasteiger partial charge is 2.00 e. The van der Waals surface area contributed by atoms with E-state index in [0.29, 0.717) is 0 Å². The molecule has 0 aromatic rings. The zero-order chi connectivity index (χ0) is 21.5. The van der Waals surface area contributed by atoms with Gasteiger partial charge in [-0.25, -0.2) is 0 Å². The molecule has 30 heavy (non-hydrogen) atoms. The average Bonchev–Trinajstić information content (AvgIpc) is 2.08. The Hall–Kier alpha value is 5.63. The molecule has 2 radical (unpaired) electrons. The third kappa shape index (κ3) is 1130. The Morgan fingerprint density at radius 2 is 0.300 bits per heavy atom. The normalized spacial score (nSPS) is 7.00. The van der Waals surface area contributed by atoms with E-state index >= 15 is 0 Å². The van der Waals surface area contributed by atoms with Crippen molar-refractivity contribution in [1.29, 1.82) is 0 Å². The summed E-state index contributed by atoms with van der Waals surface area (Å²) in [5.74, 6) is 0. The molecule has 0 N–H and O–H groups in total. The van der Waals surface area contributed by atoms with Crippen molar-refractivity contribution in [2.24, 2.45) is 0 Å². The molecule has 0 aromatic heterocycles. The van der Waals surface area contributed by atoms with Crippen molar-refractivity contribution < 1.29 is 177 Å². The summed E-state index contributed by atoms with van der Waals surface area (Å²) < 4.78 is 57.3. The Balaban J connectivity index is -0.0000000125. The molecule has 0 aliphatic heterocycles.